The van der Waals surface area contributed by atoms with Gasteiger partial charge in [0.25, 0.3) is 5.91 Å². The highest BCUT2D eigenvalue weighted by molar-refractivity contribution is 9.10. The van der Waals surface area contributed by atoms with E-state index < -0.39 is 18.5 Å². The largest absolute Gasteiger partial charge is 0.452 e. The second-order valence-electron chi connectivity index (χ2n) is 5.03. The molecule has 7 heteroatoms. The number of benzene rings is 2. The lowest BCUT2D eigenvalue weighted by molar-refractivity contribution is -0.124. The van der Waals surface area contributed by atoms with Crippen LogP contribution in [0.25, 0.3) is 0 Å². The molecule has 0 radical (unpaired) electrons. The highest BCUT2D eigenvalue weighted by atomic mass is 79.9. The van der Waals surface area contributed by atoms with Gasteiger partial charge in [0.05, 0.1) is 5.56 Å². The highest BCUT2D eigenvalue weighted by Crippen LogP contribution is 2.19. The summed E-state index contributed by atoms with van der Waals surface area (Å²) < 4.78 is 18.4. The normalized spacial score (nSPS) is 10.2. The van der Waals surface area contributed by atoms with E-state index in [0.717, 1.165) is 5.56 Å². The summed E-state index contributed by atoms with van der Waals surface area (Å²) in [5, 5.41) is 2.63. The standard InChI is InChI=1S/C17H16BrFN2O3/c18-12-3-6-15(20)14(9-12)17(23)24-10-16(22)21-8-7-11-1-4-13(19)5-2-11/h1-6,9H,7-8,10,20H2,(H,21,22). The first-order chi connectivity index (χ1) is 11.5. The van der Waals surface area contributed by atoms with Crippen LogP contribution in [0.2, 0.25) is 0 Å². The van der Waals surface area contributed by atoms with Gasteiger partial charge in [-0.15, -0.1) is 0 Å². The summed E-state index contributed by atoms with van der Waals surface area (Å²) in [6.45, 7) is -0.0325. The van der Waals surface area contributed by atoms with Crippen molar-refractivity contribution in [2.24, 2.45) is 0 Å². The Hall–Kier alpha value is -2.41. The molecule has 0 heterocycles. The number of amides is 1. The minimum absolute atomic E-state index is 0.198. The molecule has 0 aliphatic carbocycles. The van der Waals surface area contributed by atoms with E-state index in [4.69, 9.17) is 10.5 Å². The summed E-state index contributed by atoms with van der Waals surface area (Å²) in [4.78, 5) is 23.6. The van der Waals surface area contributed by atoms with Crippen LogP contribution in [0.1, 0.15) is 15.9 Å². The van der Waals surface area contributed by atoms with Crippen LogP contribution in [0.3, 0.4) is 0 Å². The number of rotatable bonds is 6. The number of hydrogen-bond donors (Lipinski definition) is 2. The summed E-state index contributed by atoms with van der Waals surface area (Å²) >= 11 is 3.24. The minimum Gasteiger partial charge on any atom is -0.452 e. The maximum atomic E-state index is 12.8. The molecule has 0 saturated heterocycles. The molecule has 0 fully saturated rings. The van der Waals surface area contributed by atoms with Crippen molar-refractivity contribution in [2.75, 3.05) is 18.9 Å². The molecule has 2 aromatic carbocycles. The summed E-state index contributed by atoms with van der Waals surface area (Å²) in [6.07, 6.45) is 0.554. The van der Waals surface area contributed by atoms with Crippen LogP contribution in [0.4, 0.5) is 10.1 Å². The first-order valence-electron chi connectivity index (χ1n) is 7.19. The summed E-state index contributed by atoms with van der Waals surface area (Å²) in [5.74, 6) is -1.39. The van der Waals surface area contributed by atoms with E-state index in [9.17, 15) is 14.0 Å². The molecule has 0 aromatic heterocycles. The van der Waals surface area contributed by atoms with Gasteiger partial charge in [-0.3, -0.25) is 4.79 Å². The number of anilines is 1. The van der Waals surface area contributed by atoms with Crippen LogP contribution in [0, 0.1) is 5.82 Å². The molecule has 2 rings (SSSR count). The number of nitrogen functional groups attached to an aromatic ring is 1. The maximum Gasteiger partial charge on any atom is 0.340 e. The number of esters is 1. The zero-order valence-electron chi connectivity index (χ0n) is 12.7. The van der Waals surface area contributed by atoms with Gasteiger partial charge in [-0.25, -0.2) is 9.18 Å². The molecule has 126 valence electrons. The van der Waals surface area contributed by atoms with Crippen molar-refractivity contribution in [2.45, 2.75) is 6.42 Å². The molecular weight excluding hydrogens is 379 g/mol. The van der Waals surface area contributed by atoms with Crippen LogP contribution in [0.5, 0.6) is 0 Å². The molecule has 0 aliphatic heterocycles. The SMILES string of the molecule is Nc1ccc(Br)cc1C(=O)OCC(=O)NCCc1ccc(F)cc1. The van der Waals surface area contributed by atoms with Crippen molar-refractivity contribution in [3.05, 3.63) is 63.9 Å². The molecule has 3 N–H and O–H groups in total. The quantitative estimate of drug-likeness (QED) is 0.582. The molecule has 0 aliphatic rings. The number of halogens is 2. The lowest BCUT2D eigenvalue weighted by Crippen LogP contribution is -2.30. The lowest BCUT2D eigenvalue weighted by atomic mass is 10.1. The third kappa shape index (κ3) is 5.34. The predicted octanol–water partition coefficient (Wildman–Crippen LogP) is 2.69. The molecule has 2 aromatic rings. The molecule has 5 nitrogen and oxygen atoms in total. The highest BCUT2D eigenvalue weighted by Gasteiger charge is 2.13. The molecule has 0 saturated carbocycles. The van der Waals surface area contributed by atoms with Gasteiger partial charge >= 0.3 is 5.97 Å². The van der Waals surface area contributed by atoms with Gasteiger partial charge in [-0.2, -0.15) is 0 Å². The molecule has 0 unspecified atom stereocenters. The summed E-state index contributed by atoms with van der Waals surface area (Å²) in [7, 11) is 0. The van der Waals surface area contributed by atoms with Crippen LogP contribution < -0.4 is 11.1 Å². The second-order valence-corrected chi connectivity index (χ2v) is 5.95. The number of carbonyl (C=O) groups excluding carboxylic acids is 2. The summed E-state index contributed by atoms with van der Waals surface area (Å²) in [5.41, 5.74) is 7.08. The monoisotopic (exact) mass is 394 g/mol. The molecule has 0 atom stereocenters. The molecule has 0 bridgehead atoms. The van der Waals surface area contributed by atoms with Crippen molar-refractivity contribution in [3.63, 3.8) is 0 Å². The van der Waals surface area contributed by atoms with Gasteiger partial charge in [-0.1, -0.05) is 28.1 Å². The van der Waals surface area contributed by atoms with Gasteiger partial charge in [0, 0.05) is 16.7 Å². The first-order valence-corrected chi connectivity index (χ1v) is 7.98. The maximum absolute atomic E-state index is 12.8. The molecule has 0 spiro atoms. The molecule has 1 amide bonds. The Morgan fingerprint density at radius 2 is 1.88 bits per heavy atom. The number of nitrogens with one attached hydrogen (secondary N) is 1. The van der Waals surface area contributed by atoms with Crippen LogP contribution in [-0.2, 0) is 16.0 Å². The third-order valence-electron chi connectivity index (χ3n) is 3.22. The van der Waals surface area contributed by atoms with Crippen LogP contribution in [0.15, 0.2) is 46.9 Å². The summed E-state index contributed by atoms with van der Waals surface area (Å²) in [6, 6.07) is 10.8. The predicted molar refractivity (Wildman–Crippen MR) is 92.0 cm³/mol. The Labute approximate surface area is 147 Å². The number of hydrogen-bond acceptors (Lipinski definition) is 4. The van der Waals surface area contributed by atoms with Gasteiger partial charge < -0.3 is 15.8 Å². The van der Waals surface area contributed by atoms with Crippen LogP contribution >= 0.6 is 15.9 Å². The number of carbonyl (C=O) groups is 2. The van der Waals surface area contributed by atoms with Gasteiger partial charge in [0.15, 0.2) is 6.61 Å². The Morgan fingerprint density at radius 3 is 2.58 bits per heavy atom. The Bertz CT molecular complexity index is 735. The zero-order valence-corrected chi connectivity index (χ0v) is 14.3. The van der Waals surface area contributed by atoms with E-state index in [1.807, 2.05) is 0 Å². The minimum atomic E-state index is -0.664. The van der Waals surface area contributed by atoms with Crippen LogP contribution in [-0.4, -0.2) is 25.0 Å². The van der Waals surface area contributed by atoms with Gasteiger partial charge in [-0.05, 0) is 42.3 Å². The number of ether oxygens (including phenoxy) is 1. The van der Waals surface area contributed by atoms with E-state index in [0.29, 0.717) is 17.4 Å². The topological polar surface area (TPSA) is 81.4 Å². The van der Waals surface area contributed by atoms with E-state index >= 15 is 0 Å². The van der Waals surface area contributed by atoms with E-state index in [1.165, 1.54) is 18.2 Å². The van der Waals surface area contributed by atoms with Crippen molar-refractivity contribution >= 4 is 33.5 Å². The fraction of sp³-hybridized carbons (Fsp3) is 0.176. The fourth-order valence-corrected chi connectivity index (χ4v) is 2.32. The second kappa shape index (κ2) is 8.44. The average molecular weight is 395 g/mol. The van der Waals surface area contributed by atoms with Crippen molar-refractivity contribution in [1.29, 1.82) is 0 Å². The molecule has 24 heavy (non-hydrogen) atoms. The average Bonchev–Trinajstić information content (AvgIpc) is 2.56. The third-order valence-corrected chi connectivity index (χ3v) is 3.71. The lowest BCUT2D eigenvalue weighted by Gasteiger charge is -2.08. The fourth-order valence-electron chi connectivity index (χ4n) is 1.96. The Kier molecular flexibility index (Phi) is 6.31. The van der Waals surface area contributed by atoms with E-state index in [-0.39, 0.29) is 17.1 Å². The van der Waals surface area contributed by atoms with Gasteiger partial charge in [0.1, 0.15) is 5.82 Å². The smallest absolute Gasteiger partial charge is 0.340 e. The Balaban J connectivity index is 1.75. The Morgan fingerprint density at radius 1 is 1.17 bits per heavy atom. The number of nitrogens with two attached hydrogens (primary N) is 1. The van der Waals surface area contributed by atoms with Crippen molar-refractivity contribution in [1.82, 2.24) is 5.32 Å². The first kappa shape index (κ1) is 17.9. The van der Waals surface area contributed by atoms with E-state index in [2.05, 4.69) is 21.2 Å². The zero-order chi connectivity index (χ0) is 17.5. The van der Waals surface area contributed by atoms with Gasteiger partial charge in [0.2, 0.25) is 0 Å². The van der Waals surface area contributed by atoms with Crippen molar-refractivity contribution < 1.29 is 18.7 Å². The van der Waals surface area contributed by atoms with E-state index in [1.54, 1.807) is 24.3 Å². The molecular formula is C17H16BrFN2O3. The van der Waals surface area contributed by atoms with Crippen molar-refractivity contribution in [3.8, 4) is 0 Å².